The molecule has 140 valence electrons. The SMILES string of the molecule is CCOC(=O)C(NS(=O)(=O)c1ccc(C)c(C)c1)C(O)c1ccccc1. The van der Waals surface area contributed by atoms with Crippen molar-refractivity contribution in [1.29, 1.82) is 0 Å². The molecule has 2 rings (SSSR count). The van der Waals surface area contributed by atoms with Crippen molar-refractivity contribution < 1.29 is 23.1 Å². The van der Waals surface area contributed by atoms with Gasteiger partial charge in [0.2, 0.25) is 10.0 Å². The summed E-state index contributed by atoms with van der Waals surface area (Å²) >= 11 is 0. The van der Waals surface area contributed by atoms with Crippen molar-refractivity contribution in [2.75, 3.05) is 6.61 Å². The second-order valence-corrected chi connectivity index (χ2v) is 7.67. The molecule has 0 amide bonds. The molecule has 2 aromatic carbocycles. The zero-order valence-corrected chi connectivity index (χ0v) is 15.8. The van der Waals surface area contributed by atoms with E-state index in [0.29, 0.717) is 5.56 Å². The third-order valence-electron chi connectivity index (χ3n) is 4.07. The quantitative estimate of drug-likeness (QED) is 0.722. The van der Waals surface area contributed by atoms with Crippen molar-refractivity contribution in [2.45, 2.75) is 37.8 Å². The topological polar surface area (TPSA) is 92.7 Å². The lowest BCUT2D eigenvalue weighted by Gasteiger charge is -2.23. The molecule has 7 heteroatoms. The maximum Gasteiger partial charge on any atom is 0.327 e. The monoisotopic (exact) mass is 377 g/mol. The minimum Gasteiger partial charge on any atom is -0.465 e. The predicted molar refractivity (Wildman–Crippen MR) is 98.1 cm³/mol. The van der Waals surface area contributed by atoms with Crippen LogP contribution < -0.4 is 4.72 Å². The van der Waals surface area contributed by atoms with Gasteiger partial charge in [-0.05, 0) is 49.6 Å². The Bertz CT molecular complexity index is 865. The molecular weight excluding hydrogens is 354 g/mol. The molecule has 0 fully saturated rings. The Hall–Kier alpha value is -2.22. The number of hydrogen-bond donors (Lipinski definition) is 2. The minimum absolute atomic E-state index is 0.0233. The van der Waals surface area contributed by atoms with Crippen LogP contribution in [0.3, 0.4) is 0 Å². The molecule has 6 nitrogen and oxygen atoms in total. The van der Waals surface area contributed by atoms with Gasteiger partial charge < -0.3 is 9.84 Å². The van der Waals surface area contributed by atoms with Crippen molar-refractivity contribution >= 4 is 16.0 Å². The molecule has 2 unspecified atom stereocenters. The number of aryl methyl sites for hydroxylation is 2. The van der Waals surface area contributed by atoms with E-state index in [0.717, 1.165) is 11.1 Å². The van der Waals surface area contributed by atoms with Crippen LogP contribution in [0.2, 0.25) is 0 Å². The number of benzene rings is 2. The summed E-state index contributed by atoms with van der Waals surface area (Å²) in [4.78, 5) is 12.3. The van der Waals surface area contributed by atoms with Gasteiger partial charge in [-0.25, -0.2) is 8.42 Å². The van der Waals surface area contributed by atoms with Gasteiger partial charge in [0, 0.05) is 0 Å². The molecule has 2 aromatic rings. The van der Waals surface area contributed by atoms with Crippen LogP contribution in [0, 0.1) is 13.8 Å². The van der Waals surface area contributed by atoms with Gasteiger partial charge in [0.25, 0.3) is 0 Å². The summed E-state index contributed by atoms with van der Waals surface area (Å²) in [5, 5.41) is 10.6. The number of rotatable bonds is 7. The summed E-state index contributed by atoms with van der Waals surface area (Å²) in [5.74, 6) is -0.837. The fourth-order valence-electron chi connectivity index (χ4n) is 2.43. The lowest BCUT2D eigenvalue weighted by Crippen LogP contribution is -2.45. The number of ether oxygens (including phenoxy) is 1. The Kier molecular flexibility index (Phi) is 6.52. The fraction of sp³-hybridized carbons (Fsp3) is 0.316. The van der Waals surface area contributed by atoms with Crippen molar-refractivity contribution in [3.63, 3.8) is 0 Å². The lowest BCUT2D eigenvalue weighted by atomic mass is 10.0. The van der Waals surface area contributed by atoms with Gasteiger partial charge in [-0.2, -0.15) is 4.72 Å². The molecule has 2 atom stereocenters. The van der Waals surface area contributed by atoms with Gasteiger partial charge in [-0.15, -0.1) is 0 Å². The smallest absolute Gasteiger partial charge is 0.327 e. The first kappa shape index (κ1) is 20.1. The van der Waals surface area contributed by atoms with E-state index in [9.17, 15) is 18.3 Å². The first-order valence-corrected chi connectivity index (χ1v) is 9.74. The van der Waals surface area contributed by atoms with Crippen molar-refractivity contribution in [3.05, 3.63) is 65.2 Å². The molecule has 0 aromatic heterocycles. The second kappa shape index (κ2) is 8.44. The molecule has 0 bridgehead atoms. The molecule has 0 radical (unpaired) electrons. The standard InChI is InChI=1S/C19H23NO5S/c1-4-25-19(22)17(18(21)15-8-6-5-7-9-15)20-26(23,24)16-11-10-13(2)14(3)12-16/h5-12,17-18,20-21H,4H2,1-3H3. The largest absolute Gasteiger partial charge is 0.465 e. The molecule has 0 spiro atoms. The van der Waals surface area contributed by atoms with E-state index in [2.05, 4.69) is 4.72 Å². The van der Waals surface area contributed by atoms with Crippen LogP contribution >= 0.6 is 0 Å². The first-order chi connectivity index (χ1) is 12.3. The van der Waals surface area contributed by atoms with Crippen LogP contribution in [0.4, 0.5) is 0 Å². The van der Waals surface area contributed by atoms with Crippen LogP contribution in [0.15, 0.2) is 53.4 Å². The van der Waals surface area contributed by atoms with Gasteiger partial charge in [-0.3, -0.25) is 4.79 Å². The van der Waals surface area contributed by atoms with E-state index in [1.165, 1.54) is 12.1 Å². The maximum atomic E-state index is 12.7. The third kappa shape index (κ3) is 4.69. The van der Waals surface area contributed by atoms with Crippen LogP contribution in [0.25, 0.3) is 0 Å². The number of esters is 1. The van der Waals surface area contributed by atoms with Gasteiger partial charge in [0.05, 0.1) is 11.5 Å². The number of aliphatic hydroxyl groups is 1. The van der Waals surface area contributed by atoms with E-state index < -0.39 is 28.1 Å². The molecule has 0 aliphatic rings. The highest BCUT2D eigenvalue weighted by Gasteiger charge is 2.34. The molecule has 0 aliphatic carbocycles. The molecule has 0 saturated heterocycles. The molecule has 0 heterocycles. The minimum atomic E-state index is -4.03. The maximum absolute atomic E-state index is 12.7. The third-order valence-corrected chi connectivity index (χ3v) is 5.51. The van der Waals surface area contributed by atoms with Gasteiger partial charge >= 0.3 is 5.97 Å². The van der Waals surface area contributed by atoms with Crippen LogP contribution in [0.5, 0.6) is 0 Å². The van der Waals surface area contributed by atoms with Crippen molar-refractivity contribution in [1.82, 2.24) is 4.72 Å². The summed E-state index contributed by atoms with van der Waals surface area (Å²) < 4.78 is 32.7. The second-order valence-electron chi connectivity index (χ2n) is 5.95. The van der Waals surface area contributed by atoms with E-state index in [-0.39, 0.29) is 11.5 Å². The Labute approximate surface area is 153 Å². The highest BCUT2D eigenvalue weighted by atomic mass is 32.2. The average Bonchev–Trinajstić information content (AvgIpc) is 2.62. The molecule has 26 heavy (non-hydrogen) atoms. The van der Waals surface area contributed by atoms with Crippen molar-refractivity contribution in [2.24, 2.45) is 0 Å². The average molecular weight is 377 g/mol. The van der Waals surface area contributed by atoms with E-state index in [1.807, 2.05) is 6.92 Å². The Morgan fingerprint density at radius 3 is 2.35 bits per heavy atom. The highest BCUT2D eigenvalue weighted by molar-refractivity contribution is 7.89. The zero-order chi connectivity index (χ0) is 19.3. The fourth-order valence-corrected chi connectivity index (χ4v) is 3.71. The summed E-state index contributed by atoms with van der Waals surface area (Å²) in [6, 6.07) is 11.6. The summed E-state index contributed by atoms with van der Waals surface area (Å²) in [7, 11) is -4.03. The summed E-state index contributed by atoms with van der Waals surface area (Å²) in [5.41, 5.74) is 2.17. The Balaban J connectivity index is 2.36. The number of carbonyl (C=O) groups is 1. The zero-order valence-electron chi connectivity index (χ0n) is 15.0. The molecular formula is C19H23NO5S. The van der Waals surface area contributed by atoms with Crippen LogP contribution in [0.1, 0.15) is 29.7 Å². The Morgan fingerprint density at radius 1 is 1.12 bits per heavy atom. The van der Waals surface area contributed by atoms with Crippen molar-refractivity contribution in [3.8, 4) is 0 Å². The van der Waals surface area contributed by atoms with Crippen LogP contribution in [-0.4, -0.2) is 32.1 Å². The van der Waals surface area contributed by atoms with Gasteiger partial charge in [0.1, 0.15) is 12.1 Å². The molecule has 2 N–H and O–H groups in total. The number of hydrogen-bond acceptors (Lipinski definition) is 5. The first-order valence-electron chi connectivity index (χ1n) is 8.25. The van der Waals surface area contributed by atoms with E-state index >= 15 is 0 Å². The summed E-state index contributed by atoms with van der Waals surface area (Å²) in [6.07, 6.45) is -1.38. The van der Waals surface area contributed by atoms with Crippen LogP contribution in [-0.2, 0) is 19.6 Å². The number of aliphatic hydroxyl groups excluding tert-OH is 1. The summed E-state index contributed by atoms with van der Waals surface area (Å²) in [6.45, 7) is 5.36. The van der Waals surface area contributed by atoms with E-state index in [4.69, 9.17) is 4.74 Å². The van der Waals surface area contributed by atoms with E-state index in [1.54, 1.807) is 50.2 Å². The predicted octanol–water partition coefficient (Wildman–Crippen LogP) is 2.25. The highest BCUT2D eigenvalue weighted by Crippen LogP contribution is 2.21. The lowest BCUT2D eigenvalue weighted by molar-refractivity contribution is -0.148. The Morgan fingerprint density at radius 2 is 1.77 bits per heavy atom. The number of carbonyl (C=O) groups excluding carboxylic acids is 1. The van der Waals surface area contributed by atoms with Gasteiger partial charge in [-0.1, -0.05) is 36.4 Å². The molecule has 0 saturated carbocycles. The number of sulfonamides is 1. The van der Waals surface area contributed by atoms with Gasteiger partial charge in [0.15, 0.2) is 0 Å². The normalized spacial score (nSPS) is 13.8. The molecule has 0 aliphatic heterocycles. The number of nitrogens with one attached hydrogen (secondary N) is 1.